The standard InChI is InChI=1S/C19H28N2O3/c1-2-9-19(15-22)10-3-11-21(14-19)12-4-13-24-17-7-5-16(6-8-17)18(20)23/h2,5-8,22H,1,3-4,9-15H2,(H2,20,23)/t19-/m1/s1. The van der Waals surface area contributed by atoms with Crippen molar-refractivity contribution in [3.63, 3.8) is 0 Å². The van der Waals surface area contributed by atoms with Gasteiger partial charge in [0.05, 0.1) is 13.2 Å². The van der Waals surface area contributed by atoms with E-state index in [1.165, 1.54) is 0 Å². The first-order valence-corrected chi connectivity index (χ1v) is 8.55. The fraction of sp³-hybridized carbons (Fsp3) is 0.526. The molecule has 1 aromatic carbocycles. The summed E-state index contributed by atoms with van der Waals surface area (Å²) in [5, 5.41) is 9.74. The minimum absolute atomic E-state index is 0.0224. The first-order chi connectivity index (χ1) is 11.6. The third-order valence-corrected chi connectivity index (χ3v) is 4.68. The summed E-state index contributed by atoms with van der Waals surface area (Å²) in [6.45, 7) is 7.62. The SMILES string of the molecule is C=CC[C@@]1(CO)CCCN(CCCOc2ccc(C(N)=O)cc2)C1. The predicted octanol–water partition coefficient (Wildman–Crippen LogP) is 2.21. The number of likely N-dealkylation sites (tertiary alicyclic amines) is 1. The maximum absolute atomic E-state index is 11.0. The molecule has 0 radical (unpaired) electrons. The van der Waals surface area contributed by atoms with Crippen LogP contribution >= 0.6 is 0 Å². The van der Waals surface area contributed by atoms with Gasteiger partial charge in [-0.05, 0) is 56.5 Å². The minimum Gasteiger partial charge on any atom is -0.494 e. The Morgan fingerprint density at radius 2 is 2.17 bits per heavy atom. The molecule has 1 amide bonds. The third-order valence-electron chi connectivity index (χ3n) is 4.68. The monoisotopic (exact) mass is 332 g/mol. The quantitative estimate of drug-likeness (QED) is 0.537. The van der Waals surface area contributed by atoms with E-state index in [4.69, 9.17) is 10.5 Å². The number of nitrogens with zero attached hydrogens (tertiary/aromatic N) is 1. The van der Waals surface area contributed by atoms with Crippen molar-refractivity contribution in [2.75, 3.05) is 32.8 Å². The van der Waals surface area contributed by atoms with Crippen LogP contribution in [0.15, 0.2) is 36.9 Å². The van der Waals surface area contributed by atoms with Crippen molar-refractivity contribution in [1.82, 2.24) is 4.90 Å². The molecule has 1 atom stereocenters. The largest absolute Gasteiger partial charge is 0.494 e. The second-order valence-corrected chi connectivity index (χ2v) is 6.62. The molecule has 3 N–H and O–H groups in total. The van der Waals surface area contributed by atoms with E-state index in [9.17, 15) is 9.90 Å². The number of primary amides is 1. The summed E-state index contributed by atoms with van der Waals surface area (Å²) >= 11 is 0. The summed E-state index contributed by atoms with van der Waals surface area (Å²) in [5.41, 5.74) is 5.68. The molecule has 2 rings (SSSR count). The van der Waals surface area contributed by atoms with E-state index in [-0.39, 0.29) is 12.0 Å². The summed E-state index contributed by atoms with van der Waals surface area (Å²) in [6.07, 6.45) is 5.88. The van der Waals surface area contributed by atoms with E-state index in [1.807, 2.05) is 6.08 Å². The maximum atomic E-state index is 11.0. The van der Waals surface area contributed by atoms with Crippen molar-refractivity contribution in [1.29, 1.82) is 0 Å². The molecule has 0 aromatic heterocycles. The zero-order valence-electron chi connectivity index (χ0n) is 14.2. The Labute approximate surface area is 144 Å². The molecule has 0 bridgehead atoms. The van der Waals surface area contributed by atoms with Gasteiger partial charge in [-0.2, -0.15) is 0 Å². The first-order valence-electron chi connectivity index (χ1n) is 8.55. The van der Waals surface area contributed by atoms with Crippen LogP contribution in [0.1, 0.15) is 36.0 Å². The Bertz CT molecular complexity index is 544. The predicted molar refractivity (Wildman–Crippen MR) is 95.1 cm³/mol. The lowest BCUT2D eigenvalue weighted by Crippen LogP contribution is -2.45. The Balaban J connectivity index is 1.73. The van der Waals surface area contributed by atoms with Gasteiger partial charge in [0.1, 0.15) is 5.75 Å². The molecule has 0 saturated carbocycles. The van der Waals surface area contributed by atoms with Crippen LogP contribution in [-0.4, -0.2) is 48.8 Å². The van der Waals surface area contributed by atoms with Crippen molar-refractivity contribution >= 4 is 5.91 Å². The van der Waals surface area contributed by atoms with Gasteiger partial charge < -0.3 is 20.5 Å². The lowest BCUT2D eigenvalue weighted by atomic mass is 9.78. The number of amides is 1. The number of carbonyl (C=O) groups excluding carboxylic acids is 1. The summed E-state index contributed by atoms with van der Waals surface area (Å²) in [6, 6.07) is 6.88. The van der Waals surface area contributed by atoms with E-state index < -0.39 is 5.91 Å². The van der Waals surface area contributed by atoms with Crippen molar-refractivity contribution < 1.29 is 14.6 Å². The van der Waals surface area contributed by atoms with Gasteiger partial charge in [-0.3, -0.25) is 4.79 Å². The summed E-state index contributed by atoms with van der Waals surface area (Å²) < 4.78 is 5.71. The lowest BCUT2D eigenvalue weighted by molar-refractivity contribution is 0.0325. The molecule has 1 aliphatic heterocycles. The van der Waals surface area contributed by atoms with Crippen LogP contribution in [0.5, 0.6) is 5.75 Å². The number of aliphatic hydroxyl groups excluding tert-OH is 1. The maximum Gasteiger partial charge on any atom is 0.248 e. The summed E-state index contributed by atoms with van der Waals surface area (Å²) in [5.74, 6) is 0.313. The Hall–Kier alpha value is -1.85. The zero-order chi connectivity index (χ0) is 17.4. The van der Waals surface area contributed by atoms with Crippen LogP contribution in [0.4, 0.5) is 0 Å². The molecule has 5 heteroatoms. The number of benzene rings is 1. The summed E-state index contributed by atoms with van der Waals surface area (Å²) in [7, 11) is 0. The molecule has 1 aliphatic rings. The molecule has 0 unspecified atom stereocenters. The van der Waals surface area contributed by atoms with Crippen LogP contribution in [0.2, 0.25) is 0 Å². The molecule has 0 aliphatic carbocycles. The van der Waals surface area contributed by atoms with Gasteiger partial charge in [0.2, 0.25) is 5.91 Å². The molecular formula is C19H28N2O3. The van der Waals surface area contributed by atoms with Crippen molar-refractivity contribution in [2.45, 2.75) is 25.7 Å². The second kappa shape index (κ2) is 8.85. The zero-order valence-corrected chi connectivity index (χ0v) is 14.2. The molecule has 1 fully saturated rings. The molecular weight excluding hydrogens is 304 g/mol. The highest BCUT2D eigenvalue weighted by atomic mass is 16.5. The highest BCUT2D eigenvalue weighted by molar-refractivity contribution is 5.92. The molecule has 5 nitrogen and oxygen atoms in total. The van der Waals surface area contributed by atoms with Gasteiger partial charge in [0.15, 0.2) is 0 Å². The van der Waals surface area contributed by atoms with E-state index in [0.717, 1.165) is 51.1 Å². The number of hydrogen-bond acceptors (Lipinski definition) is 4. The second-order valence-electron chi connectivity index (χ2n) is 6.62. The van der Waals surface area contributed by atoms with E-state index in [0.29, 0.717) is 12.2 Å². The third kappa shape index (κ3) is 5.08. The fourth-order valence-corrected chi connectivity index (χ4v) is 3.36. The van der Waals surface area contributed by atoms with E-state index in [2.05, 4.69) is 11.5 Å². The van der Waals surface area contributed by atoms with Crippen molar-refractivity contribution in [2.24, 2.45) is 11.1 Å². The van der Waals surface area contributed by atoms with Crippen LogP contribution < -0.4 is 10.5 Å². The van der Waals surface area contributed by atoms with Gasteiger partial charge in [-0.1, -0.05) is 6.08 Å². The molecule has 132 valence electrons. The molecule has 0 spiro atoms. The number of piperidine rings is 1. The van der Waals surface area contributed by atoms with Crippen LogP contribution in [0.3, 0.4) is 0 Å². The van der Waals surface area contributed by atoms with Gasteiger partial charge in [0, 0.05) is 24.1 Å². The summed E-state index contributed by atoms with van der Waals surface area (Å²) in [4.78, 5) is 13.4. The molecule has 1 heterocycles. The van der Waals surface area contributed by atoms with Crippen LogP contribution in [-0.2, 0) is 0 Å². The van der Waals surface area contributed by atoms with Gasteiger partial charge >= 0.3 is 0 Å². The van der Waals surface area contributed by atoms with Gasteiger partial charge in [0.25, 0.3) is 0 Å². The Morgan fingerprint density at radius 1 is 1.42 bits per heavy atom. The van der Waals surface area contributed by atoms with Gasteiger partial charge in [-0.25, -0.2) is 0 Å². The smallest absolute Gasteiger partial charge is 0.248 e. The van der Waals surface area contributed by atoms with Gasteiger partial charge in [-0.15, -0.1) is 6.58 Å². The topological polar surface area (TPSA) is 75.8 Å². The normalized spacial score (nSPS) is 21.4. The average molecular weight is 332 g/mol. The van der Waals surface area contributed by atoms with E-state index in [1.54, 1.807) is 24.3 Å². The molecule has 1 aromatic rings. The van der Waals surface area contributed by atoms with E-state index >= 15 is 0 Å². The fourth-order valence-electron chi connectivity index (χ4n) is 3.36. The number of nitrogens with two attached hydrogens (primary N) is 1. The number of allylic oxidation sites excluding steroid dienone is 1. The highest BCUT2D eigenvalue weighted by Gasteiger charge is 2.33. The average Bonchev–Trinajstić information content (AvgIpc) is 2.60. The molecule has 24 heavy (non-hydrogen) atoms. The Morgan fingerprint density at radius 3 is 2.79 bits per heavy atom. The number of hydrogen-bond donors (Lipinski definition) is 2. The molecule has 1 saturated heterocycles. The van der Waals surface area contributed by atoms with Crippen molar-refractivity contribution in [3.8, 4) is 5.75 Å². The number of carbonyl (C=O) groups is 1. The number of ether oxygens (including phenoxy) is 1. The highest BCUT2D eigenvalue weighted by Crippen LogP contribution is 2.33. The van der Waals surface area contributed by atoms with Crippen molar-refractivity contribution in [3.05, 3.63) is 42.5 Å². The first kappa shape index (κ1) is 18.5. The lowest BCUT2D eigenvalue weighted by Gasteiger charge is -2.41. The van der Waals surface area contributed by atoms with Crippen LogP contribution in [0.25, 0.3) is 0 Å². The number of rotatable bonds is 9. The Kier molecular flexibility index (Phi) is 6.82. The number of aliphatic hydroxyl groups is 1. The minimum atomic E-state index is -0.432. The van der Waals surface area contributed by atoms with Crippen LogP contribution in [0, 0.1) is 5.41 Å².